The number of ether oxygens (including phenoxy) is 1. The summed E-state index contributed by atoms with van der Waals surface area (Å²) >= 11 is 0. The summed E-state index contributed by atoms with van der Waals surface area (Å²) in [4.78, 5) is 17.7. The van der Waals surface area contributed by atoms with Crippen molar-refractivity contribution in [1.29, 1.82) is 0 Å². The molecule has 0 saturated carbocycles. The molecule has 2 aliphatic rings. The summed E-state index contributed by atoms with van der Waals surface area (Å²) < 4.78 is 5.80. The van der Waals surface area contributed by atoms with Crippen LogP contribution in [0.15, 0.2) is 60.7 Å². The van der Waals surface area contributed by atoms with Crippen molar-refractivity contribution in [1.82, 2.24) is 10.2 Å². The fourth-order valence-electron chi connectivity index (χ4n) is 4.33. The Morgan fingerprint density at radius 3 is 2.31 bits per heavy atom. The van der Waals surface area contributed by atoms with Gasteiger partial charge in [-0.15, -0.1) is 12.4 Å². The number of amides is 1. The maximum absolute atomic E-state index is 13.4. The Morgan fingerprint density at radius 1 is 0.966 bits per heavy atom. The second-order valence-electron chi connectivity index (χ2n) is 7.65. The van der Waals surface area contributed by atoms with Gasteiger partial charge in [0.2, 0.25) is 5.91 Å². The second kappa shape index (κ2) is 10.1. The number of hydrogen-bond donors (Lipinski definition) is 1. The van der Waals surface area contributed by atoms with Gasteiger partial charge < -0.3 is 19.9 Å². The van der Waals surface area contributed by atoms with E-state index in [9.17, 15) is 4.79 Å². The molecule has 0 unspecified atom stereocenters. The van der Waals surface area contributed by atoms with Crippen molar-refractivity contribution in [2.45, 2.75) is 31.4 Å². The molecule has 2 heterocycles. The molecule has 1 spiro atoms. The number of para-hydroxylation sites is 1. The minimum absolute atomic E-state index is 0. The van der Waals surface area contributed by atoms with Gasteiger partial charge in [-0.3, -0.25) is 4.79 Å². The first-order valence-electron chi connectivity index (χ1n) is 10.2. The third-order valence-electron chi connectivity index (χ3n) is 5.84. The highest BCUT2D eigenvalue weighted by Gasteiger charge is 2.52. The van der Waals surface area contributed by atoms with Crippen molar-refractivity contribution in [3.8, 4) is 0 Å². The number of benzene rings is 2. The molecule has 156 valence electrons. The Kier molecular flexibility index (Phi) is 7.53. The summed E-state index contributed by atoms with van der Waals surface area (Å²) in [6.45, 7) is 4.49. The number of hydrogen-bond acceptors (Lipinski definition) is 4. The van der Waals surface area contributed by atoms with Gasteiger partial charge in [0.1, 0.15) is 5.54 Å². The summed E-state index contributed by atoms with van der Waals surface area (Å²) in [5, 5.41) is 3.40. The van der Waals surface area contributed by atoms with Crippen LogP contribution in [0.2, 0.25) is 0 Å². The van der Waals surface area contributed by atoms with E-state index in [-0.39, 0.29) is 18.3 Å². The Balaban J connectivity index is 0.00000240. The van der Waals surface area contributed by atoms with Crippen LogP contribution in [0.3, 0.4) is 0 Å². The number of carbonyl (C=O) groups is 1. The average Bonchev–Trinajstić information content (AvgIpc) is 3.01. The molecule has 2 aliphatic heterocycles. The predicted octanol–water partition coefficient (Wildman–Crippen LogP) is 3.44. The minimum Gasteiger partial charge on any atom is -0.377 e. The van der Waals surface area contributed by atoms with E-state index < -0.39 is 5.54 Å². The van der Waals surface area contributed by atoms with Crippen LogP contribution >= 0.6 is 12.4 Å². The van der Waals surface area contributed by atoms with E-state index in [0.717, 1.165) is 44.6 Å². The maximum atomic E-state index is 13.4. The second-order valence-corrected chi connectivity index (χ2v) is 7.65. The Bertz CT molecular complexity index is 766. The molecule has 1 N–H and O–H groups in total. The number of carbonyl (C=O) groups excluding carboxylic acids is 1. The number of nitrogens with zero attached hydrogens (tertiary/aromatic N) is 2. The van der Waals surface area contributed by atoms with Crippen LogP contribution in [0.4, 0.5) is 5.69 Å². The molecule has 29 heavy (non-hydrogen) atoms. The van der Waals surface area contributed by atoms with E-state index in [1.165, 1.54) is 5.56 Å². The van der Waals surface area contributed by atoms with E-state index in [0.29, 0.717) is 19.9 Å². The average molecular weight is 416 g/mol. The van der Waals surface area contributed by atoms with E-state index >= 15 is 0 Å². The van der Waals surface area contributed by atoms with Gasteiger partial charge in [0.05, 0.1) is 13.3 Å². The molecule has 0 aliphatic carbocycles. The van der Waals surface area contributed by atoms with Crippen molar-refractivity contribution in [3.05, 3.63) is 66.2 Å². The van der Waals surface area contributed by atoms with Crippen molar-refractivity contribution in [2.75, 3.05) is 37.8 Å². The molecular weight excluding hydrogens is 386 g/mol. The first-order chi connectivity index (χ1) is 13.8. The van der Waals surface area contributed by atoms with Crippen LogP contribution in [-0.4, -0.2) is 49.3 Å². The van der Waals surface area contributed by atoms with Crippen molar-refractivity contribution in [2.24, 2.45) is 0 Å². The van der Waals surface area contributed by atoms with Crippen LogP contribution in [-0.2, 0) is 16.1 Å². The molecule has 0 radical (unpaired) electrons. The van der Waals surface area contributed by atoms with Gasteiger partial charge in [0.15, 0.2) is 0 Å². The molecular formula is C23H30ClN3O2. The normalized spacial score (nSPS) is 18.1. The van der Waals surface area contributed by atoms with Crippen LogP contribution in [0, 0.1) is 0 Å². The van der Waals surface area contributed by atoms with E-state index in [1.54, 1.807) is 0 Å². The van der Waals surface area contributed by atoms with E-state index in [1.807, 2.05) is 29.2 Å². The molecule has 5 nitrogen and oxygen atoms in total. The van der Waals surface area contributed by atoms with Crippen molar-refractivity contribution in [3.63, 3.8) is 0 Å². The largest absolute Gasteiger partial charge is 0.377 e. The predicted molar refractivity (Wildman–Crippen MR) is 118 cm³/mol. The zero-order valence-corrected chi connectivity index (χ0v) is 17.6. The Labute approximate surface area is 179 Å². The number of rotatable bonds is 7. The SMILES string of the molecule is Cl.O=C1N(CCCOCc2ccccc2)CN(c2ccccc2)C12CCNCC2. The zero-order valence-electron chi connectivity index (χ0n) is 16.8. The maximum Gasteiger partial charge on any atom is 0.250 e. The lowest BCUT2D eigenvalue weighted by atomic mass is 9.86. The number of anilines is 1. The molecule has 0 atom stereocenters. The fourth-order valence-corrected chi connectivity index (χ4v) is 4.33. The lowest BCUT2D eigenvalue weighted by Gasteiger charge is -2.40. The molecule has 0 aromatic heterocycles. The molecule has 2 fully saturated rings. The highest BCUT2D eigenvalue weighted by atomic mass is 35.5. The number of halogens is 1. The lowest BCUT2D eigenvalue weighted by molar-refractivity contribution is -0.133. The number of piperidine rings is 1. The Hall–Kier alpha value is -2.08. The minimum atomic E-state index is -0.391. The van der Waals surface area contributed by atoms with Gasteiger partial charge in [0, 0.05) is 18.8 Å². The van der Waals surface area contributed by atoms with Gasteiger partial charge in [-0.2, -0.15) is 0 Å². The quantitative estimate of drug-likeness (QED) is 0.703. The van der Waals surface area contributed by atoms with Gasteiger partial charge in [-0.05, 0) is 50.0 Å². The molecule has 2 aromatic rings. The lowest BCUT2D eigenvalue weighted by Crippen LogP contribution is -2.55. The monoisotopic (exact) mass is 415 g/mol. The molecule has 4 rings (SSSR count). The van der Waals surface area contributed by atoms with Gasteiger partial charge in [0.25, 0.3) is 0 Å². The van der Waals surface area contributed by atoms with Gasteiger partial charge >= 0.3 is 0 Å². The molecule has 2 saturated heterocycles. The van der Waals surface area contributed by atoms with Crippen LogP contribution < -0.4 is 10.2 Å². The van der Waals surface area contributed by atoms with Crippen LogP contribution in [0.5, 0.6) is 0 Å². The summed E-state index contributed by atoms with van der Waals surface area (Å²) in [6.07, 6.45) is 2.58. The summed E-state index contributed by atoms with van der Waals surface area (Å²) in [5.41, 5.74) is 1.93. The molecule has 2 aromatic carbocycles. The highest BCUT2D eigenvalue weighted by molar-refractivity contribution is 5.93. The van der Waals surface area contributed by atoms with Crippen molar-refractivity contribution < 1.29 is 9.53 Å². The number of nitrogens with one attached hydrogen (secondary N) is 1. The smallest absolute Gasteiger partial charge is 0.250 e. The van der Waals surface area contributed by atoms with Crippen molar-refractivity contribution >= 4 is 24.0 Å². The highest BCUT2D eigenvalue weighted by Crippen LogP contribution is 2.38. The third kappa shape index (κ3) is 4.74. The first kappa shape index (κ1) is 21.6. The summed E-state index contributed by atoms with van der Waals surface area (Å²) in [6, 6.07) is 20.6. The van der Waals surface area contributed by atoms with Gasteiger partial charge in [-0.1, -0.05) is 48.5 Å². The fraction of sp³-hybridized carbons (Fsp3) is 0.435. The zero-order chi connectivity index (χ0) is 19.2. The Morgan fingerprint density at radius 2 is 1.62 bits per heavy atom. The van der Waals surface area contributed by atoms with Crippen LogP contribution in [0.25, 0.3) is 0 Å². The van der Waals surface area contributed by atoms with E-state index in [4.69, 9.17) is 4.74 Å². The standard InChI is InChI=1S/C23H29N3O2.ClH/c27-22-23(12-14-24-15-13-23)26(21-10-5-2-6-11-21)19-25(22)16-7-17-28-18-20-8-3-1-4-9-20;/h1-6,8-11,24H,7,12-19H2;1H. The van der Waals surface area contributed by atoms with E-state index in [2.05, 4.69) is 46.6 Å². The first-order valence-corrected chi connectivity index (χ1v) is 10.2. The van der Waals surface area contributed by atoms with Gasteiger partial charge in [-0.25, -0.2) is 0 Å². The topological polar surface area (TPSA) is 44.8 Å². The summed E-state index contributed by atoms with van der Waals surface area (Å²) in [5.74, 6) is 0.279. The summed E-state index contributed by atoms with van der Waals surface area (Å²) in [7, 11) is 0. The molecule has 6 heteroatoms. The van der Waals surface area contributed by atoms with Crippen LogP contribution in [0.1, 0.15) is 24.8 Å². The molecule has 0 bridgehead atoms. The molecule has 1 amide bonds. The third-order valence-corrected chi connectivity index (χ3v) is 5.84.